The Morgan fingerprint density at radius 3 is 2.56 bits per heavy atom. The van der Waals surface area contributed by atoms with Crippen LogP contribution in [0.1, 0.15) is 13.8 Å². The molecule has 8 heteroatoms. The molecule has 0 atom stereocenters. The molecule has 0 bridgehead atoms. The van der Waals surface area contributed by atoms with Gasteiger partial charge in [-0.05, 0) is 18.1 Å². The Morgan fingerprint density at radius 1 is 1.39 bits per heavy atom. The van der Waals surface area contributed by atoms with E-state index in [9.17, 15) is 12.8 Å². The monoisotopic (exact) mass is 315 g/mol. The smallest absolute Gasteiger partial charge is 0.264 e. The predicted octanol–water partition coefficient (Wildman–Crippen LogP) is 3.00. The summed E-state index contributed by atoms with van der Waals surface area (Å²) in [5.74, 6) is -0.838. The molecule has 0 aliphatic carbocycles. The van der Waals surface area contributed by atoms with Gasteiger partial charge in [-0.15, -0.1) is 0 Å². The largest absolute Gasteiger partial charge is 0.287 e. The molecule has 1 rings (SSSR count). The Balaban J connectivity index is 2.96. The zero-order valence-electron chi connectivity index (χ0n) is 9.71. The number of hydrogen-bond donors (Lipinski definition) is 1. The van der Waals surface area contributed by atoms with Gasteiger partial charge in [0, 0.05) is 0 Å². The van der Waals surface area contributed by atoms with Crippen LogP contribution in [-0.4, -0.2) is 15.0 Å². The van der Waals surface area contributed by atoms with Crippen molar-refractivity contribution in [1.82, 2.24) is 4.89 Å². The molecular formula is C10H12Cl2FNO3S. The highest BCUT2D eigenvalue weighted by Crippen LogP contribution is 2.29. The van der Waals surface area contributed by atoms with Gasteiger partial charge in [0.1, 0.15) is 4.90 Å². The molecule has 4 nitrogen and oxygen atoms in total. The molecule has 0 aliphatic rings. The van der Waals surface area contributed by atoms with Crippen molar-refractivity contribution in [1.29, 1.82) is 0 Å². The highest BCUT2D eigenvalue weighted by molar-refractivity contribution is 7.89. The van der Waals surface area contributed by atoms with Gasteiger partial charge in [0.15, 0.2) is 5.82 Å². The highest BCUT2D eigenvalue weighted by atomic mass is 35.5. The van der Waals surface area contributed by atoms with Crippen molar-refractivity contribution in [3.05, 3.63) is 28.0 Å². The summed E-state index contributed by atoms with van der Waals surface area (Å²) >= 11 is 11.1. The summed E-state index contributed by atoms with van der Waals surface area (Å²) in [7, 11) is -4.03. The summed E-state index contributed by atoms with van der Waals surface area (Å²) in [4.78, 5) is 6.24. The van der Waals surface area contributed by atoms with Crippen LogP contribution in [-0.2, 0) is 14.9 Å². The second-order valence-corrected chi connectivity index (χ2v) is 6.36. The number of benzene rings is 1. The Morgan fingerprint density at radius 2 is 2.00 bits per heavy atom. The first-order valence-corrected chi connectivity index (χ1v) is 7.26. The van der Waals surface area contributed by atoms with Crippen LogP contribution in [0.3, 0.4) is 0 Å². The molecule has 0 saturated heterocycles. The molecule has 102 valence electrons. The van der Waals surface area contributed by atoms with Crippen LogP contribution < -0.4 is 4.89 Å². The number of rotatable bonds is 5. The second-order valence-electron chi connectivity index (χ2n) is 3.97. The first-order chi connectivity index (χ1) is 8.25. The Kier molecular flexibility index (Phi) is 5.36. The standard InChI is InChI=1S/C10H12Cl2FNO3S/c1-6(2)5-17-14-18(15,16)8-4-3-7(11)10(13)9(8)12/h3-4,6,14H,5H2,1-2H3. The molecule has 0 unspecified atom stereocenters. The summed E-state index contributed by atoms with van der Waals surface area (Å²) < 4.78 is 36.9. The van der Waals surface area contributed by atoms with Crippen LogP contribution in [0.2, 0.25) is 10.0 Å². The fraction of sp³-hybridized carbons (Fsp3) is 0.400. The van der Waals surface area contributed by atoms with Gasteiger partial charge in [0.25, 0.3) is 10.0 Å². The normalized spacial score (nSPS) is 12.1. The van der Waals surface area contributed by atoms with E-state index in [4.69, 9.17) is 28.0 Å². The van der Waals surface area contributed by atoms with Crippen LogP contribution in [0, 0.1) is 11.7 Å². The third-order valence-electron chi connectivity index (χ3n) is 1.87. The fourth-order valence-corrected chi connectivity index (χ4v) is 2.60. The van der Waals surface area contributed by atoms with Crippen molar-refractivity contribution in [2.45, 2.75) is 18.7 Å². The quantitative estimate of drug-likeness (QED) is 0.671. The zero-order chi connectivity index (χ0) is 13.9. The van der Waals surface area contributed by atoms with E-state index in [1.54, 1.807) is 0 Å². The van der Waals surface area contributed by atoms with E-state index < -0.39 is 25.8 Å². The Bertz CT molecular complexity index is 534. The molecule has 0 fully saturated rings. The third kappa shape index (κ3) is 3.80. The lowest BCUT2D eigenvalue weighted by atomic mass is 10.2. The Labute approximate surface area is 115 Å². The molecule has 0 radical (unpaired) electrons. The number of nitrogens with one attached hydrogen (secondary N) is 1. The van der Waals surface area contributed by atoms with Crippen molar-refractivity contribution in [2.75, 3.05) is 6.61 Å². The first kappa shape index (κ1) is 15.7. The van der Waals surface area contributed by atoms with Crippen LogP contribution in [0.25, 0.3) is 0 Å². The molecule has 0 amide bonds. The summed E-state index contributed by atoms with van der Waals surface area (Å²) in [6.45, 7) is 3.89. The van der Waals surface area contributed by atoms with Crippen LogP contribution in [0.4, 0.5) is 4.39 Å². The molecule has 1 aromatic carbocycles. The van der Waals surface area contributed by atoms with Gasteiger partial charge in [-0.1, -0.05) is 41.9 Å². The lowest BCUT2D eigenvalue weighted by Gasteiger charge is -2.10. The van der Waals surface area contributed by atoms with E-state index in [2.05, 4.69) is 0 Å². The molecular weight excluding hydrogens is 304 g/mol. The molecule has 0 spiro atoms. The minimum absolute atomic E-state index is 0.144. The average molecular weight is 316 g/mol. The SMILES string of the molecule is CC(C)CONS(=O)(=O)c1ccc(Cl)c(F)c1Cl. The maximum atomic E-state index is 13.4. The molecule has 1 aromatic rings. The topological polar surface area (TPSA) is 55.4 Å². The molecule has 0 aromatic heterocycles. The van der Waals surface area contributed by atoms with Crippen molar-refractivity contribution >= 4 is 33.2 Å². The summed E-state index contributed by atoms with van der Waals surface area (Å²) in [6.07, 6.45) is 0. The minimum Gasteiger partial charge on any atom is -0.287 e. The van der Waals surface area contributed by atoms with Gasteiger partial charge >= 0.3 is 0 Å². The molecule has 0 aliphatic heterocycles. The molecule has 0 saturated carbocycles. The number of hydrogen-bond acceptors (Lipinski definition) is 3. The lowest BCUT2D eigenvalue weighted by Crippen LogP contribution is -2.26. The fourth-order valence-electron chi connectivity index (χ4n) is 1.04. The molecule has 1 N–H and O–H groups in total. The summed E-state index contributed by atoms with van der Waals surface area (Å²) in [5, 5.41) is -0.815. The van der Waals surface area contributed by atoms with Gasteiger partial charge in [0.05, 0.1) is 16.7 Å². The summed E-state index contributed by atoms with van der Waals surface area (Å²) in [6, 6.07) is 2.22. The summed E-state index contributed by atoms with van der Waals surface area (Å²) in [5.41, 5.74) is 0. The van der Waals surface area contributed by atoms with E-state index in [-0.39, 0.29) is 17.5 Å². The van der Waals surface area contributed by atoms with Gasteiger partial charge < -0.3 is 0 Å². The van der Waals surface area contributed by atoms with Gasteiger partial charge in [-0.25, -0.2) is 12.8 Å². The van der Waals surface area contributed by atoms with E-state index in [1.807, 2.05) is 18.7 Å². The zero-order valence-corrected chi connectivity index (χ0v) is 12.0. The maximum absolute atomic E-state index is 13.4. The van der Waals surface area contributed by atoms with Gasteiger partial charge in [-0.2, -0.15) is 0 Å². The van der Waals surface area contributed by atoms with Crippen LogP contribution >= 0.6 is 23.2 Å². The van der Waals surface area contributed by atoms with Gasteiger partial charge in [0.2, 0.25) is 0 Å². The minimum atomic E-state index is -4.03. The number of sulfonamides is 1. The second kappa shape index (κ2) is 6.16. The van der Waals surface area contributed by atoms with E-state index in [0.29, 0.717) is 0 Å². The van der Waals surface area contributed by atoms with Gasteiger partial charge in [-0.3, -0.25) is 4.84 Å². The lowest BCUT2D eigenvalue weighted by molar-refractivity contribution is 0.0718. The van der Waals surface area contributed by atoms with E-state index in [0.717, 1.165) is 12.1 Å². The highest BCUT2D eigenvalue weighted by Gasteiger charge is 2.22. The van der Waals surface area contributed by atoms with Crippen molar-refractivity contribution in [2.24, 2.45) is 5.92 Å². The Hall–Kier alpha value is -0.400. The van der Waals surface area contributed by atoms with Crippen LogP contribution in [0.5, 0.6) is 0 Å². The predicted molar refractivity (Wildman–Crippen MR) is 67.5 cm³/mol. The van der Waals surface area contributed by atoms with E-state index in [1.165, 1.54) is 0 Å². The van der Waals surface area contributed by atoms with Crippen molar-refractivity contribution in [3.8, 4) is 0 Å². The van der Waals surface area contributed by atoms with Crippen LogP contribution in [0.15, 0.2) is 17.0 Å². The average Bonchev–Trinajstić information content (AvgIpc) is 2.24. The van der Waals surface area contributed by atoms with Crippen molar-refractivity contribution < 1.29 is 17.6 Å². The number of halogens is 3. The van der Waals surface area contributed by atoms with Crippen molar-refractivity contribution in [3.63, 3.8) is 0 Å². The third-order valence-corrected chi connectivity index (χ3v) is 3.90. The molecule has 0 heterocycles. The molecule has 18 heavy (non-hydrogen) atoms. The first-order valence-electron chi connectivity index (χ1n) is 5.02. The van der Waals surface area contributed by atoms with E-state index >= 15 is 0 Å². The maximum Gasteiger partial charge on any atom is 0.264 e.